The third kappa shape index (κ3) is 2.87. The fourth-order valence-electron chi connectivity index (χ4n) is 0.0454. The number of amides is 2. The van der Waals surface area contributed by atoms with Crippen molar-refractivity contribution in [3.8, 4) is 0 Å². The van der Waals surface area contributed by atoms with E-state index in [2.05, 4.69) is 5.22 Å². The summed E-state index contributed by atoms with van der Waals surface area (Å²) in [7, 11) is 0. The maximum atomic E-state index is 9.35. The molecule has 0 saturated heterocycles. The summed E-state index contributed by atoms with van der Waals surface area (Å²) in [6, 6.07) is -1.13. The highest BCUT2D eigenvalue weighted by Gasteiger charge is 1.81. The van der Waals surface area contributed by atoms with Crippen LogP contribution < -0.4 is 16.7 Å². The molecule has 2 amide bonds. The normalized spacial score (nSPS) is 6.67. The molecule has 0 aliphatic rings. The Labute approximate surface area is 34.0 Å². The van der Waals surface area contributed by atoms with E-state index in [1.54, 1.807) is 0 Å². The summed E-state index contributed by atoms with van der Waals surface area (Å²) < 4.78 is 0. The maximum Gasteiger partial charge on any atom is 0.355 e. The number of nitrogens with one attached hydrogen (secondary N) is 2. The average Bonchev–Trinajstić information content (AvgIpc) is 1.35. The molecule has 0 atom stereocenters. The standard InChI is InChI=1S/CH2N4O/c2-1(6)4-5-3/h2H,(H,4,6). The van der Waals surface area contributed by atoms with Crippen molar-refractivity contribution in [1.29, 1.82) is 0 Å². The predicted octanol–water partition coefficient (Wildman–Crippen LogP) is -0.854. The molecule has 0 bridgehead atoms. The van der Waals surface area contributed by atoms with Crippen LogP contribution >= 0.6 is 0 Å². The predicted molar refractivity (Wildman–Crippen MR) is 16.2 cm³/mol. The second kappa shape index (κ2) is 2.13. The van der Waals surface area contributed by atoms with Gasteiger partial charge in [0.15, 0.2) is 0 Å². The van der Waals surface area contributed by atoms with Crippen LogP contribution in [0.15, 0.2) is 5.22 Å². The van der Waals surface area contributed by atoms with Crippen LogP contribution in [0.1, 0.15) is 0 Å². The first-order valence-electron chi connectivity index (χ1n) is 1.13. The summed E-state index contributed by atoms with van der Waals surface area (Å²) >= 11 is 0. The zero-order chi connectivity index (χ0) is 4.99. The molecule has 2 radical (unpaired) electrons. The van der Waals surface area contributed by atoms with Gasteiger partial charge in [-0.05, 0) is 10.8 Å². The minimum Gasteiger partial charge on any atom is -0.246 e. The average molecular weight is 86.1 g/mol. The minimum absolute atomic E-state index is 1.13. The van der Waals surface area contributed by atoms with Gasteiger partial charge in [0.05, 0.1) is 0 Å². The van der Waals surface area contributed by atoms with Gasteiger partial charge in [-0.2, -0.15) is 0 Å². The Bertz CT molecular complexity index is 67.9. The first-order chi connectivity index (χ1) is 2.77. The molecule has 0 rings (SSSR count). The van der Waals surface area contributed by atoms with Crippen molar-refractivity contribution in [3.63, 3.8) is 0 Å². The van der Waals surface area contributed by atoms with Gasteiger partial charge in [-0.3, -0.25) is 0 Å². The number of hydrogen-bond donors (Lipinski definition) is 1. The van der Waals surface area contributed by atoms with E-state index in [0.29, 0.717) is 0 Å². The van der Waals surface area contributed by atoms with Gasteiger partial charge in [-0.15, -0.1) is 0 Å². The van der Waals surface area contributed by atoms with Crippen molar-refractivity contribution in [2.75, 3.05) is 0 Å². The molecule has 0 aliphatic heterocycles. The van der Waals surface area contributed by atoms with Gasteiger partial charge in [0.2, 0.25) is 0 Å². The molecular formula is CH2N4O. The van der Waals surface area contributed by atoms with Crippen LogP contribution in [-0.2, 0) is 0 Å². The summed E-state index contributed by atoms with van der Waals surface area (Å²) in [5, 5.41) is 2.15. The highest BCUT2D eigenvalue weighted by Crippen LogP contribution is 1.50. The van der Waals surface area contributed by atoms with Crippen LogP contribution in [0.5, 0.6) is 0 Å². The molecule has 6 heavy (non-hydrogen) atoms. The molecule has 0 aromatic rings. The van der Waals surface area contributed by atoms with Crippen LogP contribution in [0.25, 0.3) is 0 Å². The molecule has 0 saturated carbocycles. The molecular weight excluding hydrogens is 84.0 g/mol. The fourth-order valence-corrected chi connectivity index (χ4v) is 0.0454. The largest absolute Gasteiger partial charge is 0.355 e. The van der Waals surface area contributed by atoms with Crippen LogP contribution in [0.3, 0.4) is 0 Å². The van der Waals surface area contributed by atoms with E-state index in [4.69, 9.17) is 11.3 Å². The summed E-state index contributed by atoms with van der Waals surface area (Å²) in [4.78, 5) is 9.35. The molecule has 5 nitrogen and oxygen atoms in total. The molecule has 0 aromatic carbocycles. The lowest BCUT2D eigenvalue weighted by atomic mass is 11.2. The molecule has 0 spiro atoms. The Morgan fingerprint density at radius 3 is 2.50 bits per heavy atom. The van der Waals surface area contributed by atoms with Crippen molar-refractivity contribution >= 4 is 6.03 Å². The number of urea groups is 1. The van der Waals surface area contributed by atoms with Crippen molar-refractivity contribution in [2.24, 2.45) is 5.22 Å². The van der Waals surface area contributed by atoms with Gasteiger partial charge < -0.3 is 0 Å². The molecule has 5 heteroatoms. The fraction of sp³-hybridized carbons (Fsp3) is 0. The Morgan fingerprint density at radius 1 is 2.00 bits per heavy atom. The first-order valence-corrected chi connectivity index (χ1v) is 1.13. The molecule has 32 valence electrons. The van der Waals surface area contributed by atoms with E-state index in [0.717, 1.165) is 0 Å². The number of carbonyl (C=O) groups excluding carboxylic acids is 1. The second-order valence-corrected chi connectivity index (χ2v) is 0.541. The summed E-state index contributed by atoms with van der Waals surface area (Å²) in [5.41, 5.74) is 14.8. The van der Waals surface area contributed by atoms with E-state index in [1.807, 2.05) is 0 Å². The van der Waals surface area contributed by atoms with Gasteiger partial charge in [0.25, 0.3) is 0 Å². The minimum atomic E-state index is -1.13. The van der Waals surface area contributed by atoms with Crippen LogP contribution in [0, 0.1) is 0 Å². The maximum absolute atomic E-state index is 9.35. The third-order valence-corrected chi connectivity index (χ3v) is 0.152. The topological polar surface area (TPSA) is 87.6 Å². The van der Waals surface area contributed by atoms with Crippen molar-refractivity contribution in [1.82, 2.24) is 16.7 Å². The highest BCUT2D eigenvalue weighted by atomic mass is 16.2. The van der Waals surface area contributed by atoms with Crippen molar-refractivity contribution in [2.45, 2.75) is 0 Å². The van der Waals surface area contributed by atoms with Gasteiger partial charge in [0, 0.05) is 0 Å². The first kappa shape index (κ1) is 4.87. The molecule has 2 N–H and O–H groups in total. The Kier molecular flexibility index (Phi) is 1.73. The van der Waals surface area contributed by atoms with E-state index >= 15 is 0 Å². The lowest BCUT2D eigenvalue weighted by molar-refractivity contribution is 0.247. The van der Waals surface area contributed by atoms with Crippen LogP contribution in [0.2, 0.25) is 0 Å². The van der Waals surface area contributed by atoms with Gasteiger partial charge >= 0.3 is 6.03 Å². The molecule has 0 aromatic heterocycles. The molecule has 0 fully saturated rings. The summed E-state index contributed by atoms with van der Waals surface area (Å²) in [5.74, 6) is 0. The van der Waals surface area contributed by atoms with E-state index in [-0.39, 0.29) is 0 Å². The number of hydrogen-bond acceptors (Lipinski definition) is 2. The molecule has 0 aliphatic carbocycles. The Balaban J connectivity index is 3.05. The molecule has 0 unspecified atom stereocenters. The number of nitrogens with zero attached hydrogens (tertiary/aromatic N) is 2. The van der Waals surface area contributed by atoms with Gasteiger partial charge in [-0.1, -0.05) is 0 Å². The number of carbonyl (C=O) groups is 1. The van der Waals surface area contributed by atoms with Gasteiger partial charge in [0.1, 0.15) is 0 Å². The second-order valence-electron chi connectivity index (χ2n) is 0.541. The van der Waals surface area contributed by atoms with Crippen LogP contribution in [0.4, 0.5) is 4.79 Å². The SMILES string of the molecule is [N]=NNC([NH])=O. The summed E-state index contributed by atoms with van der Waals surface area (Å²) in [6.45, 7) is 0. The van der Waals surface area contributed by atoms with E-state index in [9.17, 15) is 4.79 Å². The lowest BCUT2D eigenvalue weighted by Crippen LogP contribution is -2.14. The Hall–Kier alpha value is -1.13. The number of rotatable bonds is 1. The lowest BCUT2D eigenvalue weighted by Gasteiger charge is -1.77. The van der Waals surface area contributed by atoms with Gasteiger partial charge in [-0.25, -0.2) is 16.0 Å². The summed E-state index contributed by atoms with van der Waals surface area (Å²) in [6.07, 6.45) is 0. The quantitative estimate of drug-likeness (QED) is 0.327. The monoisotopic (exact) mass is 86.0 g/mol. The van der Waals surface area contributed by atoms with Crippen molar-refractivity contribution in [3.05, 3.63) is 0 Å². The zero-order valence-electron chi connectivity index (χ0n) is 2.80. The smallest absolute Gasteiger partial charge is 0.246 e. The zero-order valence-corrected chi connectivity index (χ0v) is 2.80. The van der Waals surface area contributed by atoms with E-state index < -0.39 is 6.03 Å². The molecule has 0 heterocycles. The Morgan fingerprint density at radius 2 is 2.50 bits per heavy atom. The highest BCUT2D eigenvalue weighted by molar-refractivity contribution is 5.70. The van der Waals surface area contributed by atoms with Crippen LogP contribution in [-0.4, -0.2) is 6.03 Å². The van der Waals surface area contributed by atoms with E-state index in [1.165, 1.54) is 5.43 Å². The third-order valence-electron chi connectivity index (χ3n) is 0.152. The van der Waals surface area contributed by atoms with Crippen molar-refractivity contribution < 1.29 is 4.79 Å².